The van der Waals surface area contributed by atoms with Crippen LogP contribution in [0.1, 0.15) is 23.6 Å². The van der Waals surface area contributed by atoms with Crippen molar-refractivity contribution in [3.63, 3.8) is 0 Å². The Morgan fingerprint density at radius 2 is 2.04 bits per heavy atom. The second-order valence-corrected chi connectivity index (χ2v) is 6.32. The van der Waals surface area contributed by atoms with Gasteiger partial charge in [0.2, 0.25) is 0 Å². The largest absolute Gasteiger partial charge is 0.384 e. The lowest BCUT2D eigenvalue weighted by atomic mass is 9.96. The fourth-order valence-corrected chi connectivity index (χ4v) is 2.74. The monoisotopic (exact) mass is 347 g/mol. The Hall–Kier alpha value is -2.11. The first-order chi connectivity index (χ1) is 11.4. The summed E-state index contributed by atoms with van der Waals surface area (Å²) < 4.78 is 0. The normalized spacial score (nSPS) is 13.2. The van der Waals surface area contributed by atoms with E-state index in [1.165, 1.54) is 0 Å². The molecule has 2 amide bonds. The van der Waals surface area contributed by atoms with E-state index in [9.17, 15) is 9.90 Å². The molecule has 1 aromatic carbocycles. The minimum Gasteiger partial charge on any atom is -0.384 e. The Balaban J connectivity index is 1.81. The van der Waals surface area contributed by atoms with Crippen molar-refractivity contribution in [2.45, 2.75) is 25.9 Å². The van der Waals surface area contributed by atoms with Crippen LogP contribution in [0.5, 0.6) is 0 Å². The van der Waals surface area contributed by atoms with E-state index in [0.717, 1.165) is 17.5 Å². The SMILES string of the molecule is Cc1cnccc1CCNC(=O)NC[C@](C)(O)c1ccccc1Cl. The topological polar surface area (TPSA) is 74.2 Å². The molecule has 0 aliphatic carbocycles. The first kappa shape index (κ1) is 18.2. The van der Waals surface area contributed by atoms with E-state index in [1.807, 2.05) is 13.0 Å². The molecule has 1 aromatic heterocycles. The number of aliphatic hydroxyl groups is 1. The second-order valence-electron chi connectivity index (χ2n) is 5.92. The van der Waals surface area contributed by atoms with Crippen molar-refractivity contribution in [1.82, 2.24) is 15.6 Å². The van der Waals surface area contributed by atoms with E-state index in [1.54, 1.807) is 43.6 Å². The van der Waals surface area contributed by atoms with Crippen molar-refractivity contribution >= 4 is 17.6 Å². The van der Waals surface area contributed by atoms with Gasteiger partial charge in [0.05, 0.1) is 6.54 Å². The molecule has 0 spiro atoms. The number of nitrogens with one attached hydrogen (secondary N) is 2. The number of aryl methyl sites for hydroxylation is 1. The molecule has 24 heavy (non-hydrogen) atoms. The zero-order valence-electron chi connectivity index (χ0n) is 13.8. The molecule has 6 heteroatoms. The first-order valence-corrected chi connectivity index (χ1v) is 8.16. The average molecular weight is 348 g/mol. The predicted octanol–water partition coefficient (Wildman–Crippen LogP) is 2.79. The van der Waals surface area contributed by atoms with Crippen molar-refractivity contribution in [1.29, 1.82) is 0 Å². The minimum absolute atomic E-state index is 0.0663. The van der Waals surface area contributed by atoms with Crippen LogP contribution in [-0.2, 0) is 12.0 Å². The summed E-state index contributed by atoms with van der Waals surface area (Å²) in [5, 5.41) is 16.5. The van der Waals surface area contributed by atoms with Crippen LogP contribution in [0.3, 0.4) is 0 Å². The smallest absolute Gasteiger partial charge is 0.314 e. The van der Waals surface area contributed by atoms with Crippen LogP contribution in [0, 0.1) is 6.92 Å². The number of rotatable bonds is 6. The highest BCUT2D eigenvalue weighted by Gasteiger charge is 2.25. The summed E-state index contributed by atoms with van der Waals surface area (Å²) >= 11 is 6.10. The standard InChI is InChI=1S/C18H22ClN3O2/c1-13-11-20-9-7-14(13)8-10-21-17(23)22-12-18(2,24)15-5-3-4-6-16(15)19/h3-7,9,11,24H,8,10,12H2,1-2H3,(H2,21,22,23)/t18-/m0/s1. The third-order valence-electron chi connectivity index (χ3n) is 3.86. The molecule has 0 fully saturated rings. The van der Waals surface area contributed by atoms with Gasteiger partial charge in [-0.2, -0.15) is 0 Å². The second kappa shape index (κ2) is 8.13. The van der Waals surface area contributed by atoms with E-state index in [0.29, 0.717) is 17.1 Å². The quantitative estimate of drug-likeness (QED) is 0.752. The number of carbonyl (C=O) groups excluding carboxylic acids is 1. The predicted molar refractivity (Wildman–Crippen MR) is 95.1 cm³/mol. The van der Waals surface area contributed by atoms with Gasteiger partial charge in [-0.05, 0) is 43.5 Å². The van der Waals surface area contributed by atoms with Gasteiger partial charge < -0.3 is 15.7 Å². The molecule has 3 N–H and O–H groups in total. The highest BCUT2D eigenvalue weighted by atomic mass is 35.5. The van der Waals surface area contributed by atoms with Gasteiger partial charge in [0, 0.05) is 29.5 Å². The number of nitrogens with zero attached hydrogens (tertiary/aromatic N) is 1. The average Bonchev–Trinajstić information content (AvgIpc) is 2.55. The van der Waals surface area contributed by atoms with Gasteiger partial charge in [-0.15, -0.1) is 0 Å². The maximum absolute atomic E-state index is 11.9. The van der Waals surface area contributed by atoms with Crippen molar-refractivity contribution in [3.05, 3.63) is 64.4 Å². The molecule has 0 unspecified atom stereocenters. The summed E-state index contributed by atoms with van der Waals surface area (Å²) in [4.78, 5) is 15.9. The van der Waals surface area contributed by atoms with E-state index in [4.69, 9.17) is 11.6 Å². The van der Waals surface area contributed by atoms with Crippen LogP contribution in [0.2, 0.25) is 5.02 Å². The van der Waals surface area contributed by atoms with Gasteiger partial charge in [-0.3, -0.25) is 4.98 Å². The molecule has 2 rings (SSSR count). The van der Waals surface area contributed by atoms with E-state index in [2.05, 4.69) is 15.6 Å². The van der Waals surface area contributed by atoms with Crippen molar-refractivity contribution in [2.24, 2.45) is 0 Å². The number of hydrogen-bond donors (Lipinski definition) is 3. The van der Waals surface area contributed by atoms with Gasteiger partial charge in [0.25, 0.3) is 0 Å². The Labute approximate surface area is 147 Å². The van der Waals surface area contributed by atoms with Gasteiger partial charge >= 0.3 is 6.03 Å². The van der Waals surface area contributed by atoms with Crippen LogP contribution in [0.25, 0.3) is 0 Å². The summed E-state index contributed by atoms with van der Waals surface area (Å²) in [7, 11) is 0. The summed E-state index contributed by atoms with van der Waals surface area (Å²) in [6.45, 7) is 4.18. The minimum atomic E-state index is -1.24. The van der Waals surface area contributed by atoms with Crippen molar-refractivity contribution < 1.29 is 9.90 Å². The molecule has 2 aromatic rings. The molecular formula is C18H22ClN3O2. The lowest BCUT2D eigenvalue weighted by Crippen LogP contribution is -2.44. The number of urea groups is 1. The lowest BCUT2D eigenvalue weighted by Gasteiger charge is -2.25. The maximum atomic E-state index is 11.9. The van der Waals surface area contributed by atoms with Gasteiger partial charge in [0.1, 0.15) is 5.60 Å². The van der Waals surface area contributed by atoms with E-state index in [-0.39, 0.29) is 12.6 Å². The molecule has 5 nitrogen and oxygen atoms in total. The number of aromatic nitrogens is 1. The van der Waals surface area contributed by atoms with E-state index >= 15 is 0 Å². The fraction of sp³-hybridized carbons (Fsp3) is 0.333. The van der Waals surface area contributed by atoms with Crippen LogP contribution in [0.15, 0.2) is 42.7 Å². The zero-order valence-corrected chi connectivity index (χ0v) is 14.6. The highest BCUT2D eigenvalue weighted by molar-refractivity contribution is 6.31. The number of benzene rings is 1. The maximum Gasteiger partial charge on any atom is 0.314 e. The van der Waals surface area contributed by atoms with Gasteiger partial charge in [0.15, 0.2) is 0 Å². The number of hydrogen-bond acceptors (Lipinski definition) is 3. The Kier molecular flexibility index (Phi) is 6.17. The van der Waals surface area contributed by atoms with Gasteiger partial charge in [-0.25, -0.2) is 4.79 Å². The number of carbonyl (C=O) groups is 1. The fourth-order valence-electron chi connectivity index (χ4n) is 2.40. The number of halogens is 1. The molecule has 0 aliphatic heterocycles. The van der Waals surface area contributed by atoms with Gasteiger partial charge in [-0.1, -0.05) is 29.8 Å². The Bertz CT molecular complexity index is 704. The highest BCUT2D eigenvalue weighted by Crippen LogP contribution is 2.27. The molecule has 0 bridgehead atoms. The summed E-state index contributed by atoms with van der Waals surface area (Å²) in [6.07, 6.45) is 4.27. The Morgan fingerprint density at radius 1 is 1.29 bits per heavy atom. The molecule has 128 valence electrons. The van der Waals surface area contributed by atoms with Crippen LogP contribution < -0.4 is 10.6 Å². The van der Waals surface area contributed by atoms with Crippen molar-refractivity contribution in [3.8, 4) is 0 Å². The molecule has 1 atom stereocenters. The molecule has 0 saturated carbocycles. The molecular weight excluding hydrogens is 326 g/mol. The van der Waals surface area contributed by atoms with Crippen molar-refractivity contribution in [2.75, 3.05) is 13.1 Å². The molecule has 0 aliphatic rings. The first-order valence-electron chi connectivity index (χ1n) is 7.79. The molecule has 1 heterocycles. The number of pyridine rings is 1. The summed E-state index contributed by atoms with van der Waals surface area (Å²) in [6, 6.07) is 8.66. The van der Waals surface area contributed by atoms with Crippen LogP contribution >= 0.6 is 11.6 Å². The summed E-state index contributed by atoms with van der Waals surface area (Å²) in [5.74, 6) is 0. The summed E-state index contributed by atoms with van der Waals surface area (Å²) in [5.41, 5.74) is 1.59. The van der Waals surface area contributed by atoms with Crippen LogP contribution in [0.4, 0.5) is 4.79 Å². The number of amides is 2. The third-order valence-corrected chi connectivity index (χ3v) is 4.19. The Morgan fingerprint density at radius 3 is 2.75 bits per heavy atom. The third kappa shape index (κ3) is 4.94. The zero-order chi connectivity index (χ0) is 17.6. The van der Waals surface area contributed by atoms with E-state index < -0.39 is 5.60 Å². The van der Waals surface area contributed by atoms with Crippen LogP contribution in [-0.4, -0.2) is 29.2 Å². The lowest BCUT2D eigenvalue weighted by molar-refractivity contribution is 0.0595. The molecule has 0 radical (unpaired) electrons. The molecule has 0 saturated heterocycles.